The lowest BCUT2D eigenvalue weighted by atomic mass is 9.97. The van der Waals surface area contributed by atoms with E-state index in [1.807, 2.05) is 42.5 Å². The average molecular weight is 304 g/mol. The lowest BCUT2D eigenvalue weighted by Crippen LogP contribution is -2.45. The van der Waals surface area contributed by atoms with Crippen molar-refractivity contribution < 1.29 is 4.79 Å². The van der Waals surface area contributed by atoms with Crippen LogP contribution < -0.4 is 10.2 Å². The average Bonchev–Trinajstić information content (AvgIpc) is 2.58. The predicted octanol–water partition coefficient (Wildman–Crippen LogP) is 4.24. The van der Waals surface area contributed by atoms with Crippen LogP contribution in [-0.2, 0) is 4.79 Å². The molecule has 2 aromatic carbocycles. The van der Waals surface area contributed by atoms with Crippen molar-refractivity contribution in [3.63, 3.8) is 0 Å². The summed E-state index contributed by atoms with van der Waals surface area (Å²) in [6, 6.07) is 15.8. The SMILES string of the molecule is C=CCC1C(=O)Nc2ccccc2-c2ccccc2N1CC=C. The van der Waals surface area contributed by atoms with Crippen molar-refractivity contribution in [1.29, 1.82) is 0 Å². The number of hydrogen-bond donors (Lipinski definition) is 1. The first-order valence-electron chi connectivity index (χ1n) is 7.74. The number of nitrogens with one attached hydrogen (secondary N) is 1. The van der Waals surface area contributed by atoms with Crippen LogP contribution in [0.4, 0.5) is 11.4 Å². The maximum atomic E-state index is 12.8. The first kappa shape index (κ1) is 15.1. The minimum absolute atomic E-state index is 0.0197. The van der Waals surface area contributed by atoms with Crippen molar-refractivity contribution in [2.24, 2.45) is 0 Å². The van der Waals surface area contributed by atoms with Gasteiger partial charge in [-0.3, -0.25) is 4.79 Å². The number of carbonyl (C=O) groups excluding carboxylic acids is 1. The minimum Gasteiger partial charge on any atom is -0.355 e. The van der Waals surface area contributed by atoms with Crippen LogP contribution in [0.2, 0.25) is 0 Å². The monoisotopic (exact) mass is 304 g/mol. The zero-order chi connectivity index (χ0) is 16.2. The summed E-state index contributed by atoms with van der Waals surface area (Å²) in [5.41, 5.74) is 4.03. The molecule has 0 saturated heterocycles. The molecule has 0 saturated carbocycles. The molecular formula is C20H20N2O. The third-order valence-electron chi connectivity index (χ3n) is 4.08. The second-order valence-corrected chi connectivity index (χ2v) is 5.53. The Balaban J connectivity index is 2.24. The Labute approximate surface area is 136 Å². The summed E-state index contributed by atoms with van der Waals surface area (Å²) in [5.74, 6) is -0.0197. The van der Waals surface area contributed by atoms with Gasteiger partial charge in [0, 0.05) is 29.0 Å². The zero-order valence-corrected chi connectivity index (χ0v) is 13.0. The number of rotatable bonds is 4. The van der Waals surface area contributed by atoms with Crippen LogP contribution in [0.15, 0.2) is 73.8 Å². The summed E-state index contributed by atoms with van der Waals surface area (Å²) in [5, 5.41) is 3.06. The lowest BCUT2D eigenvalue weighted by Gasteiger charge is -2.35. The largest absolute Gasteiger partial charge is 0.355 e. The highest BCUT2D eigenvalue weighted by atomic mass is 16.2. The molecule has 3 rings (SSSR count). The molecular weight excluding hydrogens is 284 g/mol. The van der Waals surface area contributed by atoms with Gasteiger partial charge >= 0.3 is 0 Å². The molecule has 1 aliphatic heterocycles. The fourth-order valence-electron chi connectivity index (χ4n) is 3.06. The summed E-state index contributed by atoms with van der Waals surface area (Å²) < 4.78 is 0. The molecule has 0 bridgehead atoms. The zero-order valence-electron chi connectivity index (χ0n) is 13.0. The van der Waals surface area contributed by atoms with Gasteiger partial charge in [0.2, 0.25) is 5.91 Å². The summed E-state index contributed by atoms with van der Waals surface area (Å²) in [6.07, 6.45) is 4.19. The number of nitrogens with zero attached hydrogens (tertiary/aromatic N) is 1. The fraction of sp³-hybridized carbons (Fsp3) is 0.150. The number of hydrogen-bond acceptors (Lipinski definition) is 2. The Bertz CT molecular complexity index is 751. The second kappa shape index (κ2) is 6.53. The van der Waals surface area contributed by atoms with E-state index in [-0.39, 0.29) is 11.9 Å². The molecule has 1 aliphatic rings. The molecule has 23 heavy (non-hydrogen) atoms. The Morgan fingerprint density at radius 3 is 2.43 bits per heavy atom. The molecule has 1 unspecified atom stereocenters. The first-order valence-corrected chi connectivity index (χ1v) is 7.74. The number of anilines is 2. The van der Waals surface area contributed by atoms with Gasteiger partial charge in [-0.2, -0.15) is 0 Å². The molecule has 2 aromatic rings. The summed E-state index contributed by atoms with van der Waals surface area (Å²) >= 11 is 0. The van der Waals surface area contributed by atoms with Gasteiger partial charge in [0.1, 0.15) is 6.04 Å². The number of amides is 1. The van der Waals surface area contributed by atoms with Gasteiger partial charge in [-0.25, -0.2) is 0 Å². The van der Waals surface area contributed by atoms with Crippen LogP contribution in [0, 0.1) is 0 Å². The van der Waals surface area contributed by atoms with E-state index in [2.05, 4.69) is 35.5 Å². The topological polar surface area (TPSA) is 32.3 Å². The van der Waals surface area contributed by atoms with Crippen molar-refractivity contribution in [1.82, 2.24) is 0 Å². The first-order chi connectivity index (χ1) is 11.3. The van der Waals surface area contributed by atoms with Crippen LogP contribution in [0.25, 0.3) is 11.1 Å². The molecule has 1 amide bonds. The fourth-order valence-corrected chi connectivity index (χ4v) is 3.06. The van der Waals surface area contributed by atoms with Gasteiger partial charge < -0.3 is 10.2 Å². The third kappa shape index (κ3) is 2.78. The van der Waals surface area contributed by atoms with Gasteiger partial charge in [-0.1, -0.05) is 48.6 Å². The highest BCUT2D eigenvalue weighted by Gasteiger charge is 2.29. The van der Waals surface area contributed by atoms with Crippen molar-refractivity contribution in [2.45, 2.75) is 12.5 Å². The summed E-state index contributed by atoms with van der Waals surface area (Å²) in [4.78, 5) is 14.9. The van der Waals surface area contributed by atoms with E-state index in [0.29, 0.717) is 13.0 Å². The predicted molar refractivity (Wildman–Crippen MR) is 96.7 cm³/mol. The van der Waals surface area contributed by atoms with E-state index in [1.165, 1.54) is 0 Å². The van der Waals surface area contributed by atoms with Gasteiger partial charge in [-0.15, -0.1) is 13.2 Å². The maximum Gasteiger partial charge on any atom is 0.247 e. The maximum absolute atomic E-state index is 12.8. The lowest BCUT2D eigenvalue weighted by molar-refractivity contribution is -0.117. The molecule has 3 heteroatoms. The normalized spacial score (nSPS) is 16.4. The second-order valence-electron chi connectivity index (χ2n) is 5.53. The van der Waals surface area contributed by atoms with E-state index < -0.39 is 0 Å². The van der Waals surface area contributed by atoms with Crippen molar-refractivity contribution in [2.75, 3.05) is 16.8 Å². The third-order valence-corrected chi connectivity index (χ3v) is 4.08. The Kier molecular flexibility index (Phi) is 4.29. The molecule has 116 valence electrons. The number of fused-ring (bicyclic) bond motifs is 3. The Morgan fingerprint density at radius 2 is 1.70 bits per heavy atom. The van der Waals surface area contributed by atoms with Gasteiger partial charge in [-0.05, 0) is 18.6 Å². The summed E-state index contributed by atoms with van der Waals surface area (Å²) in [6.45, 7) is 8.25. The van der Waals surface area contributed by atoms with Crippen molar-refractivity contribution in [3.8, 4) is 11.1 Å². The molecule has 0 radical (unpaired) electrons. The summed E-state index contributed by atoms with van der Waals surface area (Å²) in [7, 11) is 0. The molecule has 3 nitrogen and oxygen atoms in total. The smallest absolute Gasteiger partial charge is 0.247 e. The van der Waals surface area contributed by atoms with Gasteiger partial charge in [0.05, 0.1) is 0 Å². The van der Waals surface area contributed by atoms with Crippen LogP contribution in [0.3, 0.4) is 0 Å². The van der Waals surface area contributed by atoms with E-state index >= 15 is 0 Å². The molecule has 1 atom stereocenters. The van der Waals surface area contributed by atoms with E-state index in [0.717, 1.165) is 22.5 Å². The Morgan fingerprint density at radius 1 is 1.00 bits per heavy atom. The number of para-hydroxylation sites is 2. The molecule has 1 N–H and O–H groups in total. The van der Waals surface area contributed by atoms with Crippen molar-refractivity contribution in [3.05, 3.63) is 73.8 Å². The highest BCUT2D eigenvalue weighted by Crippen LogP contribution is 2.38. The van der Waals surface area contributed by atoms with E-state index in [1.54, 1.807) is 6.08 Å². The van der Waals surface area contributed by atoms with Crippen LogP contribution >= 0.6 is 0 Å². The molecule has 1 heterocycles. The van der Waals surface area contributed by atoms with Gasteiger partial charge in [0.25, 0.3) is 0 Å². The number of carbonyl (C=O) groups is 1. The highest BCUT2D eigenvalue weighted by molar-refractivity contribution is 6.03. The van der Waals surface area contributed by atoms with Crippen LogP contribution in [0.1, 0.15) is 6.42 Å². The van der Waals surface area contributed by atoms with Crippen LogP contribution in [-0.4, -0.2) is 18.5 Å². The van der Waals surface area contributed by atoms with E-state index in [9.17, 15) is 4.79 Å². The minimum atomic E-state index is -0.306. The molecule has 0 spiro atoms. The molecule has 0 fully saturated rings. The Hall–Kier alpha value is -2.81. The van der Waals surface area contributed by atoms with Gasteiger partial charge in [0.15, 0.2) is 0 Å². The molecule has 0 aromatic heterocycles. The quantitative estimate of drug-likeness (QED) is 0.857. The standard InChI is InChI=1S/C20H20N2O/c1-3-9-19-20(23)21-17-12-7-5-10-15(17)16-11-6-8-13-18(16)22(19)14-4-2/h3-8,10-13,19H,1-2,9,14H2,(H,21,23). The van der Waals surface area contributed by atoms with Crippen molar-refractivity contribution >= 4 is 17.3 Å². The van der Waals surface area contributed by atoms with Crippen LogP contribution in [0.5, 0.6) is 0 Å². The number of benzene rings is 2. The van der Waals surface area contributed by atoms with E-state index in [4.69, 9.17) is 0 Å². The molecule has 0 aliphatic carbocycles.